The second-order valence-electron chi connectivity index (χ2n) is 7.93. The van der Waals surface area contributed by atoms with E-state index in [0.29, 0.717) is 36.7 Å². The fourth-order valence-corrected chi connectivity index (χ4v) is 4.39. The van der Waals surface area contributed by atoms with E-state index in [9.17, 15) is 4.79 Å². The Morgan fingerprint density at radius 2 is 2.10 bits per heavy atom. The lowest BCUT2D eigenvalue weighted by Gasteiger charge is -2.31. The van der Waals surface area contributed by atoms with Gasteiger partial charge in [-0.15, -0.1) is 6.58 Å². The SMILES string of the molecule is C=CCCn1cc(C2=CCC(C(=C)N3CCOCC3)=C(Cl)C=C2)c2cc(C)[nH]c2c1=O. The summed E-state index contributed by atoms with van der Waals surface area (Å²) in [6.07, 6.45) is 11.3. The highest BCUT2D eigenvalue weighted by molar-refractivity contribution is 6.32. The smallest absolute Gasteiger partial charge is 0.274 e. The van der Waals surface area contributed by atoms with Crippen LogP contribution in [-0.2, 0) is 11.3 Å². The van der Waals surface area contributed by atoms with Gasteiger partial charge in [-0.3, -0.25) is 4.79 Å². The van der Waals surface area contributed by atoms with Gasteiger partial charge < -0.3 is 19.2 Å². The molecule has 0 unspecified atom stereocenters. The first-order chi connectivity index (χ1) is 15.0. The minimum absolute atomic E-state index is 0.00977. The van der Waals surface area contributed by atoms with Crippen molar-refractivity contribution in [3.05, 3.63) is 87.6 Å². The largest absolute Gasteiger partial charge is 0.378 e. The number of ether oxygens (including phenoxy) is 1. The number of allylic oxidation sites excluding steroid dienone is 7. The van der Waals surface area contributed by atoms with Gasteiger partial charge in [0.25, 0.3) is 5.56 Å². The zero-order valence-electron chi connectivity index (χ0n) is 17.9. The molecule has 0 saturated carbocycles. The molecular weight excluding hydrogens is 410 g/mol. The van der Waals surface area contributed by atoms with Gasteiger partial charge in [-0.05, 0) is 43.1 Å². The monoisotopic (exact) mass is 437 g/mol. The fraction of sp³-hybridized carbons (Fsp3) is 0.320. The first-order valence-corrected chi connectivity index (χ1v) is 11.0. The number of rotatable bonds is 6. The lowest BCUT2D eigenvalue weighted by molar-refractivity contribution is 0.0548. The third kappa shape index (κ3) is 4.34. The van der Waals surface area contributed by atoms with Crippen molar-refractivity contribution in [3.8, 4) is 0 Å². The Morgan fingerprint density at radius 1 is 1.32 bits per heavy atom. The predicted octanol–water partition coefficient (Wildman–Crippen LogP) is 4.90. The van der Waals surface area contributed by atoms with Crippen molar-refractivity contribution in [3.63, 3.8) is 0 Å². The normalized spacial score (nSPS) is 17.1. The van der Waals surface area contributed by atoms with Gasteiger partial charge in [-0.2, -0.15) is 0 Å². The van der Waals surface area contributed by atoms with E-state index in [1.807, 2.05) is 37.4 Å². The molecule has 162 valence electrons. The van der Waals surface area contributed by atoms with Gasteiger partial charge in [0.05, 0.1) is 13.2 Å². The molecule has 3 heterocycles. The first kappa shape index (κ1) is 21.5. The summed E-state index contributed by atoms with van der Waals surface area (Å²) in [5, 5.41) is 1.63. The number of pyridine rings is 1. The maximum absolute atomic E-state index is 12.9. The van der Waals surface area contributed by atoms with E-state index in [4.69, 9.17) is 16.3 Å². The van der Waals surface area contributed by atoms with Crippen LogP contribution >= 0.6 is 11.6 Å². The van der Waals surface area contributed by atoms with Crippen LogP contribution in [0.25, 0.3) is 16.5 Å². The summed E-state index contributed by atoms with van der Waals surface area (Å²) in [5.41, 5.74) is 5.62. The van der Waals surface area contributed by atoms with Gasteiger partial charge in [0, 0.05) is 53.2 Å². The quantitative estimate of drug-likeness (QED) is 0.654. The Labute approximate surface area is 187 Å². The highest BCUT2D eigenvalue weighted by atomic mass is 35.5. The molecule has 0 amide bonds. The van der Waals surface area contributed by atoms with E-state index >= 15 is 0 Å². The molecule has 2 aliphatic rings. The Morgan fingerprint density at radius 3 is 2.84 bits per heavy atom. The number of aryl methyl sites for hydroxylation is 2. The second-order valence-corrected chi connectivity index (χ2v) is 8.34. The van der Waals surface area contributed by atoms with E-state index in [1.165, 1.54) is 0 Å². The molecule has 2 aromatic rings. The summed E-state index contributed by atoms with van der Waals surface area (Å²) in [6.45, 7) is 13.7. The molecule has 2 aromatic heterocycles. The Balaban J connectivity index is 1.72. The van der Waals surface area contributed by atoms with E-state index < -0.39 is 0 Å². The summed E-state index contributed by atoms with van der Waals surface area (Å²) >= 11 is 6.67. The van der Waals surface area contributed by atoms with Crippen LogP contribution < -0.4 is 5.56 Å². The van der Waals surface area contributed by atoms with Crippen molar-refractivity contribution in [2.45, 2.75) is 26.3 Å². The number of aromatic nitrogens is 2. The molecule has 31 heavy (non-hydrogen) atoms. The van der Waals surface area contributed by atoms with Gasteiger partial charge >= 0.3 is 0 Å². The number of fused-ring (bicyclic) bond motifs is 1. The van der Waals surface area contributed by atoms with Crippen LogP contribution in [-0.4, -0.2) is 40.8 Å². The van der Waals surface area contributed by atoms with E-state index in [2.05, 4.69) is 29.1 Å². The first-order valence-electron chi connectivity index (χ1n) is 10.6. The van der Waals surface area contributed by atoms with Crippen LogP contribution in [0, 0.1) is 6.92 Å². The molecule has 0 radical (unpaired) electrons. The molecule has 0 spiro atoms. The standard InChI is InChI=1S/C25H28ClN3O2/c1-4-5-10-29-16-22(21-15-17(2)27-24(21)25(29)30)19-6-8-20(23(26)9-7-19)18(3)28-11-13-31-14-12-28/h4,6-7,9,15-16,27H,1,3,5,8,10-14H2,2H3. The number of hydrogen-bond acceptors (Lipinski definition) is 3. The van der Waals surface area contributed by atoms with Gasteiger partial charge in [-0.25, -0.2) is 0 Å². The average molecular weight is 438 g/mol. The molecule has 1 fully saturated rings. The average Bonchev–Trinajstić information content (AvgIpc) is 3.07. The molecule has 0 bridgehead atoms. The molecule has 6 heteroatoms. The van der Waals surface area contributed by atoms with Gasteiger partial charge in [-0.1, -0.05) is 36.4 Å². The zero-order chi connectivity index (χ0) is 22.0. The van der Waals surface area contributed by atoms with Crippen molar-refractivity contribution in [2.24, 2.45) is 0 Å². The minimum Gasteiger partial charge on any atom is -0.378 e. The number of H-pyrrole nitrogens is 1. The predicted molar refractivity (Wildman–Crippen MR) is 128 cm³/mol. The van der Waals surface area contributed by atoms with Crippen molar-refractivity contribution in [1.29, 1.82) is 0 Å². The molecule has 1 aliphatic carbocycles. The number of halogens is 1. The summed E-state index contributed by atoms with van der Waals surface area (Å²) in [6, 6.07) is 2.03. The maximum atomic E-state index is 12.9. The molecule has 5 nitrogen and oxygen atoms in total. The Hall–Kier alpha value is -2.76. The Bertz CT molecular complexity index is 1170. The van der Waals surface area contributed by atoms with Crippen molar-refractivity contribution in [2.75, 3.05) is 26.3 Å². The maximum Gasteiger partial charge on any atom is 0.274 e. The summed E-state index contributed by atoms with van der Waals surface area (Å²) in [7, 11) is 0. The van der Waals surface area contributed by atoms with Gasteiger partial charge in [0.1, 0.15) is 5.52 Å². The number of nitrogens with zero attached hydrogens (tertiary/aromatic N) is 2. The van der Waals surface area contributed by atoms with Crippen LogP contribution in [0.2, 0.25) is 0 Å². The summed E-state index contributed by atoms with van der Waals surface area (Å²) in [4.78, 5) is 18.4. The van der Waals surface area contributed by atoms with Crippen LogP contribution in [0.3, 0.4) is 0 Å². The highest BCUT2D eigenvalue weighted by Crippen LogP contribution is 2.33. The van der Waals surface area contributed by atoms with E-state index in [-0.39, 0.29) is 5.56 Å². The van der Waals surface area contributed by atoms with Crippen LogP contribution in [0.4, 0.5) is 0 Å². The third-order valence-electron chi connectivity index (χ3n) is 5.85. The van der Waals surface area contributed by atoms with Gasteiger partial charge in [0.15, 0.2) is 0 Å². The van der Waals surface area contributed by atoms with E-state index in [0.717, 1.165) is 53.0 Å². The van der Waals surface area contributed by atoms with Crippen LogP contribution in [0.15, 0.2) is 70.8 Å². The summed E-state index contributed by atoms with van der Waals surface area (Å²) < 4.78 is 7.22. The topological polar surface area (TPSA) is 50.3 Å². The molecule has 1 saturated heterocycles. The molecule has 0 atom stereocenters. The van der Waals surface area contributed by atoms with Crippen molar-refractivity contribution < 1.29 is 4.74 Å². The molecular formula is C25H28ClN3O2. The second kappa shape index (κ2) is 9.16. The van der Waals surface area contributed by atoms with Gasteiger partial charge in [0.2, 0.25) is 0 Å². The lowest BCUT2D eigenvalue weighted by atomic mass is 10.0. The highest BCUT2D eigenvalue weighted by Gasteiger charge is 2.19. The molecule has 4 rings (SSSR count). The number of morpholine rings is 1. The Kier molecular flexibility index (Phi) is 6.35. The minimum atomic E-state index is -0.00977. The van der Waals surface area contributed by atoms with Crippen molar-refractivity contribution in [1.82, 2.24) is 14.5 Å². The van der Waals surface area contributed by atoms with E-state index in [1.54, 1.807) is 4.57 Å². The third-order valence-corrected chi connectivity index (χ3v) is 6.21. The molecule has 0 aromatic carbocycles. The molecule has 1 N–H and O–H groups in total. The molecule has 1 aliphatic heterocycles. The van der Waals surface area contributed by atoms with Crippen molar-refractivity contribution >= 4 is 28.1 Å². The fourth-order valence-electron chi connectivity index (χ4n) is 4.15. The summed E-state index contributed by atoms with van der Waals surface area (Å²) in [5.74, 6) is 0. The number of hydrogen-bond donors (Lipinski definition) is 1. The number of nitrogens with one attached hydrogen (secondary N) is 1. The lowest BCUT2D eigenvalue weighted by Crippen LogP contribution is -2.35. The number of aromatic amines is 1. The van der Waals surface area contributed by atoms with Crippen LogP contribution in [0.1, 0.15) is 24.1 Å². The zero-order valence-corrected chi connectivity index (χ0v) is 18.7. The van der Waals surface area contributed by atoms with Crippen LogP contribution in [0.5, 0.6) is 0 Å².